The van der Waals surface area contributed by atoms with Crippen LogP contribution < -0.4 is 4.74 Å². The number of Topliss-reactive ketones (excluding diaryl/α,β-unsaturated/α-hetero) is 1. The summed E-state index contributed by atoms with van der Waals surface area (Å²) in [7, 11) is 0. The first-order valence-electron chi connectivity index (χ1n) is 4.30. The predicted molar refractivity (Wildman–Crippen MR) is 57.0 cm³/mol. The molecule has 0 heterocycles. The fourth-order valence-corrected chi connectivity index (χ4v) is 0.919. The van der Waals surface area contributed by atoms with E-state index in [-0.39, 0.29) is 0 Å². The van der Waals surface area contributed by atoms with E-state index in [2.05, 4.69) is 6.58 Å². The molecule has 0 spiro atoms. The van der Waals surface area contributed by atoms with E-state index < -0.39 is 18.3 Å². The van der Waals surface area contributed by atoms with Crippen molar-refractivity contribution in [3.63, 3.8) is 0 Å². The van der Waals surface area contributed by atoms with Gasteiger partial charge in [-0.2, -0.15) is 0 Å². The molecule has 2 N–H and O–H groups in total. The van der Waals surface area contributed by atoms with E-state index in [1.165, 1.54) is 0 Å². The van der Waals surface area contributed by atoms with Crippen LogP contribution in [-0.4, -0.2) is 23.4 Å². The molecule has 4 nitrogen and oxygen atoms in total. The zero-order chi connectivity index (χ0) is 11.3. The maximum absolute atomic E-state index is 10.8. The van der Waals surface area contributed by atoms with Gasteiger partial charge in [0.2, 0.25) is 5.78 Å². The van der Waals surface area contributed by atoms with Gasteiger partial charge in [0, 0.05) is 0 Å². The molecule has 0 unspecified atom stereocenters. The Morgan fingerprint density at radius 3 is 2.53 bits per heavy atom. The van der Waals surface area contributed by atoms with Gasteiger partial charge < -0.3 is 9.84 Å². The molecule has 0 bridgehead atoms. The number of aliphatic hydroxyl groups is 1. The molecular weight excluding hydrogens is 194 g/mol. The molecule has 0 aliphatic rings. The lowest BCUT2D eigenvalue weighted by molar-refractivity contribution is -0.116. The van der Waals surface area contributed by atoms with Crippen molar-refractivity contribution >= 4 is 17.8 Å². The number of carbonyl (C=O) groups is 1. The van der Waals surface area contributed by atoms with Crippen LogP contribution in [0.15, 0.2) is 30.8 Å². The summed E-state index contributed by atoms with van der Waals surface area (Å²) in [5.41, 5.74) is 0.919. The topological polar surface area (TPSA) is 70.4 Å². The number of nitrogens with one attached hydrogen (secondary N) is 1. The van der Waals surface area contributed by atoms with E-state index in [0.29, 0.717) is 5.75 Å². The lowest BCUT2D eigenvalue weighted by Gasteiger charge is -2.04. The van der Waals surface area contributed by atoms with Crippen LogP contribution in [0.4, 0.5) is 0 Å². The average molecular weight is 205 g/mol. The zero-order valence-corrected chi connectivity index (χ0v) is 8.06. The molecule has 0 saturated heterocycles. The number of benzene rings is 1. The molecule has 1 aromatic rings. The Hall–Kier alpha value is -1.94. The molecule has 0 aromatic heterocycles. The van der Waals surface area contributed by atoms with Gasteiger partial charge in [-0.15, -0.1) is 0 Å². The number of hydrogen-bond acceptors (Lipinski definition) is 4. The Morgan fingerprint density at radius 2 is 2.07 bits per heavy atom. The van der Waals surface area contributed by atoms with Crippen molar-refractivity contribution < 1.29 is 14.6 Å². The highest BCUT2D eigenvalue weighted by molar-refractivity contribution is 6.36. The van der Waals surface area contributed by atoms with Crippen molar-refractivity contribution in [2.75, 3.05) is 6.61 Å². The molecule has 4 heteroatoms. The third-order valence-corrected chi connectivity index (χ3v) is 1.73. The Kier molecular flexibility index (Phi) is 3.76. The van der Waals surface area contributed by atoms with E-state index in [9.17, 15) is 4.79 Å². The number of rotatable bonds is 4. The minimum Gasteiger partial charge on any atom is -0.436 e. The summed E-state index contributed by atoms with van der Waals surface area (Å²) in [4.78, 5) is 10.8. The summed E-state index contributed by atoms with van der Waals surface area (Å²) in [6.45, 7) is 2.87. The molecule has 78 valence electrons. The molecule has 15 heavy (non-hydrogen) atoms. The smallest absolute Gasteiger partial charge is 0.258 e. The summed E-state index contributed by atoms with van der Waals surface area (Å²) >= 11 is 0. The van der Waals surface area contributed by atoms with Gasteiger partial charge in [0.05, 0.1) is 0 Å². The lowest BCUT2D eigenvalue weighted by Crippen LogP contribution is -2.22. The molecule has 0 amide bonds. The maximum Gasteiger partial charge on any atom is 0.258 e. The van der Waals surface area contributed by atoms with E-state index in [0.717, 1.165) is 5.56 Å². The quantitative estimate of drug-likeness (QED) is 0.574. The van der Waals surface area contributed by atoms with E-state index in [1.54, 1.807) is 30.3 Å². The van der Waals surface area contributed by atoms with Crippen LogP contribution >= 0.6 is 0 Å². The number of hydrogen-bond donors (Lipinski definition) is 2. The van der Waals surface area contributed by atoms with Crippen LogP contribution in [0.25, 0.3) is 6.08 Å². The molecule has 0 aliphatic heterocycles. The van der Waals surface area contributed by atoms with Crippen LogP contribution in [0.3, 0.4) is 0 Å². The summed E-state index contributed by atoms with van der Waals surface area (Å²) < 4.78 is 4.91. The third kappa shape index (κ3) is 3.03. The van der Waals surface area contributed by atoms with Crippen molar-refractivity contribution in [3.05, 3.63) is 36.4 Å². The Labute approximate surface area is 87.3 Å². The summed E-state index contributed by atoms with van der Waals surface area (Å²) in [5, 5.41) is 15.7. The summed E-state index contributed by atoms with van der Waals surface area (Å²) in [5.74, 6) is -0.931. The Balaban J connectivity index is 2.69. The monoisotopic (exact) mass is 205 g/mol. The van der Waals surface area contributed by atoms with Crippen LogP contribution in [0, 0.1) is 5.41 Å². The number of ketones is 1. The third-order valence-electron chi connectivity index (χ3n) is 1.73. The van der Waals surface area contributed by atoms with Gasteiger partial charge in [-0.3, -0.25) is 10.2 Å². The van der Waals surface area contributed by atoms with Crippen LogP contribution in [-0.2, 0) is 4.79 Å². The molecule has 0 fully saturated rings. The largest absolute Gasteiger partial charge is 0.436 e. The highest BCUT2D eigenvalue weighted by Crippen LogP contribution is 2.12. The second-order valence-electron chi connectivity index (χ2n) is 2.79. The van der Waals surface area contributed by atoms with Gasteiger partial charge in [-0.25, -0.2) is 0 Å². The van der Waals surface area contributed by atoms with Crippen molar-refractivity contribution in [1.82, 2.24) is 0 Å². The van der Waals surface area contributed by atoms with Crippen LogP contribution in [0.5, 0.6) is 5.75 Å². The molecular formula is C11H11NO3. The molecule has 0 saturated carbocycles. The van der Waals surface area contributed by atoms with E-state index in [1.807, 2.05) is 0 Å². The molecule has 1 rings (SSSR count). The molecule has 0 atom stereocenters. The number of carbonyl (C=O) groups excluding carboxylic acids is 1. The fourth-order valence-electron chi connectivity index (χ4n) is 0.919. The number of ether oxygens (including phenoxy) is 1. The Morgan fingerprint density at radius 1 is 1.47 bits per heavy atom. The maximum atomic E-state index is 10.8. The minimum atomic E-state index is -0.747. The van der Waals surface area contributed by atoms with Crippen LogP contribution in [0.2, 0.25) is 0 Å². The van der Waals surface area contributed by atoms with Crippen molar-refractivity contribution in [1.29, 1.82) is 5.41 Å². The highest BCUT2D eigenvalue weighted by Gasteiger charge is 2.09. The van der Waals surface area contributed by atoms with Gasteiger partial charge in [0.15, 0.2) is 0 Å². The second-order valence-corrected chi connectivity index (χ2v) is 2.79. The first-order valence-corrected chi connectivity index (χ1v) is 4.30. The van der Waals surface area contributed by atoms with Gasteiger partial charge in [-0.05, 0) is 17.7 Å². The van der Waals surface area contributed by atoms with Crippen molar-refractivity contribution in [2.45, 2.75) is 0 Å². The minimum absolute atomic E-state index is 0.382. The van der Waals surface area contributed by atoms with Crippen molar-refractivity contribution in [3.8, 4) is 5.75 Å². The van der Waals surface area contributed by atoms with E-state index in [4.69, 9.17) is 15.3 Å². The first-order chi connectivity index (χ1) is 7.17. The fraction of sp³-hybridized carbons (Fsp3) is 0.0909. The average Bonchev–Trinajstić information content (AvgIpc) is 2.29. The highest BCUT2D eigenvalue weighted by atomic mass is 16.5. The van der Waals surface area contributed by atoms with Gasteiger partial charge >= 0.3 is 0 Å². The standard InChI is InChI=1S/C11H11NO3/c1-2-8-3-5-9(6-4-8)15-11(12)10(14)7-13/h2-6,12-13H,1,7H2. The van der Waals surface area contributed by atoms with Crippen LogP contribution in [0.1, 0.15) is 5.56 Å². The predicted octanol–water partition coefficient (Wildman–Crippen LogP) is 1.25. The summed E-state index contributed by atoms with van der Waals surface area (Å²) in [6.07, 6.45) is 1.67. The molecule has 0 radical (unpaired) electrons. The molecule has 0 aliphatic carbocycles. The normalized spacial score (nSPS) is 9.40. The molecule has 1 aromatic carbocycles. The second kappa shape index (κ2) is 5.07. The zero-order valence-electron chi connectivity index (χ0n) is 8.06. The van der Waals surface area contributed by atoms with Crippen molar-refractivity contribution in [2.24, 2.45) is 0 Å². The number of aliphatic hydroxyl groups excluding tert-OH is 1. The summed E-state index contributed by atoms with van der Waals surface area (Å²) in [6, 6.07) is 6.74. The van der Waals surface area contributed by atoms with Gasteiger partial charge in [-0.1, -0.05) is 24.8 Å². The Bertz CT molecular complexity index is 381. The van der Waals surface area contributed by atoms with E-state index >= 15 is 0 Å². The lowest BCUT2D eigenvalue weighted by atomic mass is 10.2. The SMILES string of the molecule is C=Cc1ccc(OC(=N)C(=O)CO)cc1. The first kappa shape index (κ1) is 11.1. The van der Waals surface area contributed by atoms with Gasteiger partial charge in [0.25, 0.3) is 5.90 Å². The van der Waals surface area contributed by atoms with Gasteiger partial charge in [0.1, 0.15) is 12.4 Å².